The molecule has 4 heteroatoms. The van der Waals surface area contributed by atoms with E-state index in [1.165, 1.54) is 0 Å². The summed E-state index contributed by atoms with van der Waals surface area (Å²) in [7, 11) is 0. The van der Waals surface area contributed by atoms with Crippen LogP contribution < -0.4 is 0 Å². The molecule has 0 spiro atoms. The lowest BCUT2D eigenvalue weighted by molar-refractivity contribution is -0.144. The fourth-order valence-electron chi connectivity index (χ4n) is 0.252. The highest BCUT2D eigenvalue weighted by molar-refractivity contribution is 5.72. The van der Waals surface area contributed by atoms with Crippen LogP contribution in [0, 0.1) is 12.3 Å². The molecule has 0 fully saturated rings. The molecule has 10 heavy (non-hydrogen) atoms. The second-order valence-corrected chi connectivity index (χ2v) is 1.24. The van der Waals surface area contributed by atoms with Crippen LogP contribution in [0.5, 0.6) is 0 Å². The average Bonchev–Trinajstić information content (AvgIpc) is 1.97. The third-order valence-electron chi connectivity index (χ3n) is 0.565. The second kappa shape index (κ2) is 5.63. The monoisotopic (exact) mass is 141 g/mol. The van der Waals surface area contributed by atoms with E-state index >= 15 is 0 Å². The predicted molar refractivity (Wildman–Crippen MR) is 31.4 cm³/mol. The Hall–Kier alpha value is -1.50. The summed E-state index contributed by atoms with van der Waals surface area (Å²) >= 11 is 0. The normalized spacial score (nSPS) is 7.50. The summed E-state index contributed by atoms with van der Waals surface area (Å²) in [6.07, 6.45) is 4.76. The molecular formula is C6H5O4. The first-order valence-corrected chi connectivity index (χ1v) is 2.39. The number of carbonyl (C=O) groups is 1. The van der Waals surface area contributed by atoms with Crippen LogP contribution in [0.15, 0.2) is 0 Å². The van der Waals surface area contributed by atoms with Gasteiger partial charge in [0.15, 0.2) is 13.2 Å². The zero-order valence-corrected chi connectivity index (χ0v) is 5.12. The SMILES string of the molecule is C#CCOC(=O)CO[C]=O. The van der Waals surface area contributed by atoms with Crippen LogP contribution in [0.2, 0.25) is 0 Å². The topological polar surface area (TPSA) is 52.6 Å². The lowest BCUT2D eigenvalue weighted by atomic mass is 10.7. The van der Waals surface area contributed by atoms with E-state index in [2.05, 4.69) is 15.4 Å². The van der Waals surface area contributed by atoms with E-state index in [1.807, 2.05) is 0 Å². The van der Waals surface area contributed by atoms with Gasteiger partial charge in [-0.15, -0.1) is 6.42 Å². The fraction of sp³-hybridized carbons (Fsp3) is 0.333. The van der Waals surface area contributed by atoms with Crippen molar-refractivity contribution in [3.8, 4) is 12.3 Å². The first kappa shape index (κ1) is 8.50. The van der Waals surface area contributed by atoms with Gasteiger partial charge >= 0.3 is 12.4 Å². The molecule has 0 aromatic rings. The predicted octanol–water partition coefficient (Wildman–Crippen LogP) is -0.753. The smallest absolute Gasteiger partial charge is 0.418 e. The molecule has 0 N–H and O–H groups in total. The minimum atomic E-state index is -0.679. The van der Waals surface area contributed by atoms with Gasteiger partial charge in [-0.3, -0.25) is 0 Å². The van der Waals surface area contributed by atoms with Crippen molar-refractivity contribution >= 4 is 12.4 Å². The molecule has 0 aromatic heterocycles. The highest BCUT2D eigenvalue weighted by Gasteiger charge is 1.99. The Kier molecular flexibility index (Phi) is 4.79. The Morgan fingerprint density at radius 3 is 2.80 bits per heavy atom. The van der Waals surface area contributed by atoms with Gasteiger partial charge in [-0.25, -0.2) is 9.59 Å². The van der Waals surface area contributed by atoms with Crippen LogP contribution in [0.1, 0.15) is 0 Å². The van der Waals surface area contributed by atoms with Gasteiger partial charge in [-0.2, -0.15) is 0 Å². The first-order valence-electron chi connectivity index (χ1n) is 2.39. The molecule has 0 rings (SSSR count). The highest BCUT2D eigenvalue weighted by atomic mass is 16.6. The number of hydrogen-bond acceptors (Lipinski definition) is 4. The summed E-state index contributed by atoms with van der Waals surface area (Å²) in [5.74, 6) is 1.40. The molecular weight excluding hydrogens is 136 g/mol. The molecule has 0 aliphatic heterocycles. The van der Waals surface area contributed by atoms with Crippen molar-refractivity contribution in [2.75, 3.05) is 13.2 Å². The van der Waals surface area contributed by atoms with Gasteiger partial charge in [0.2, 0.25) is 0 Å². The van der Waals surface area contributed by atoms with Crippen LogP contribution in [-0.4, -0.2) is 25.7 Å². The number of rotatable bonds is 4. The van der Waals surface area contributed by atoms with E-state index in [1.54, 1.807) is 0 Å². The molecule has 0 bridgehead atoms. The molecule has 4 nitrogen and oxygen atoms in total. The van der Waals surface area contributed by atoms with Gasteiger partial charge in [-0.1, -0.05) is 5.92 Å². The van der Waals surface area contributed by atoms with Gasteiger partial charge in [0.25, 0.3) is 0 Å². The first-order chi connectivity index (χ1) is 4.81. The van der Waals surface area contributed by atoms with E-state index < -0.39 is 12.6 Å². The molecule has 0 saturated carbocycles. The zero-order valence-electron chi connectivity index (χ0n) is 5.12. The maximum Gasteiger partial charge on any atom is 0.418 e. The lowest BCUT2D eigenvalue weighted by Gasteiger charge is -1.96. The van der Waals surface area contributed by atoms with Crippen molar-refractivity contribution in [2.45, 2.75) is 0 Å². The number of carbonyl (C=O) groups excluding carboxylic acids is 2. The van der Waals surface area contributed by atoms with E-state index in [-0.39, 0.29) is 6.61 Å². The van der Waals surface area contributed by atoms with Gasteiger partial charge in [-0.05, 0) is 0 Å². The van der Waals surface area contributed by atoms with E-state index in [0.717, 1.165) is 6.47 Å². The Bertz CT molecular complexity index is 156. The molecule has 0 saturated heterocycles. The van der Waals surface area contributed by atoms with Crippen molar-refractivity contribution in [3.63, 3.8) is 0 Å². The summed E-state index contributed by atoms with van der Waals surface area (Å²) in [6.45, 7) is 0.523. The van der Waals surface area contributed by atoms with Crippen molar-refractivity contribution in [3.05, 3.63) is 0 Å². The Labute approximate surface area is 58.1 Å². The molecule has 0 atom stereocenters. The van der Waals surface area contributed by atoms with Gasteiger partial charge in [0, 0.05) is 0 Å². The summed E-state index contributed by atoms with van der Waals surface area (Å²) < 4.78 is 8.26. The molecule has 0 unspecified atom stereocenters. The van der Waals surface area contributed by atoms with Gasteiger partial charge in [0.1, 0.15) is 0 Å². The van der Waals surface area contributed by atoms with Crippen LogP contribution in [0.3, 0.4) is 0 Å². The molecule has 0 amide bonds. The molecule has 1 radical (unpaired) electrons. The van der Waals surface area contributed by atoms with Crippen LogP contribution in [-0.2, 0) is 19.1 Å². The Morgan fingerprint density at radius 2 is 2.30 bits per heavy atom. The van der Waals surface area contributed by atoms with Gasteiger partial charge in [0.05, 0.1) is 0 Å². The fourth-order valence-corrected chi connectivity index (χ4v) is 0.252. The minimum absolute atomic E-state index is 0.110. The standard InChI is InChI=1S/C6H5O4/c1-2-3-10-6(8)4-9-5-7/h1H,3-4H2. The summed E-state index contributed by atoms with van der Waals surface area (Å²) in [6, 6.07) is 0. The molecule has 0 aliphatic rings. The van der Waals surface area contributed by atoms with Gasteiger partial charge < -0.3 is 9.47 Å². The van der Waals surface area contributed by atoms with Crippen molar-refractivity contribution in [2.24, 2.45) is 0 Å². The van der Waals surface area contributed by atoms with Crippen LogP contribution in [0.25, 0.3) is 0 Å². The Morgan fingerprint density at radius 1 is 1.60 bits per heavy atom. The number of esters is 1. The minimum Gasteiger partial charge on any atom is -0.450 e. The van der Waals surface area contributed by atoms with Crippen LogP contribution in [0.4, 0.5) is 0 Å². The molecule has 0 aliphatic carbocycles. The van der Waals surface area contributed by atoms with Crippen molar-refractivity contribution in [1.29, 1.82) is 0 Å². The quantitative estimate of drug-likeness (QED) is 0.381. The number of terminal acetylenes is 1. The van der Waals surface area contributed by atoms with E-state index in [9.17, 15) is 9.59 Å². The highest BCUT2D eigenvalue weighted by Crippen LogP contribution is 1.77. The largest absolute Gasteiger partial charge is 0.450 e. The van der Waals surface area contributed by atoms with Crippen LogP contribution >= 0.6 is 0 Å². The van der Waals surface area contributed by atoms with Crippen molar-refractivity contribution < 1.29 is 19.1 Å². The summed E-state index contributed by atoms with van der Waals surface area (Å²) in [5.41, 5.74) is 0. The average molecular weight is 141 g/mol. The maximum atomic E-state index is 10.3. The summed E-state index contributed by atoms with van der Waals surface area (Å²) in [4.78, 5) is 19.7. The Balaban J connectivity index is 3.27. The second-order valence-electron chi connectivity index (χ2n) is 1.24. The maximum absolute atomic E-state index is 10.3. The van der Waals surface area contributed by atoms with Crippen molar-refractivity contribution in [1.82, 2.24) is 0 Å². The molecule has 53 valence electrons. The lowest BCUT2D eigenvalue weighted by Crippen LogP contribution is -2.11. The number of hydrogen-bond donors (Lipinski definition) is 0. The molecule has 0 heterocycles. The third-order valence-corrected chi connectivity index (χ3v) is 0.565. The van der Waals surface area contributed by atoms with E-state index in [0.29, 0.717) is 0 Å². The zero-order chi connectivity index (χ0) is 7.82. The van der Waals surface area contributed by atoms with E-state index in [4.69, 9.17) is 6.42 Å². The summed E-state index contributed by atoms with van der Waals surface area (Å²) in [5, 5.41) is 0. The third kappa shape index (κ3) is 4.65. The molecule has 0 aromatic carbocycles. The number of ether oxygens (including phenoxy) is 2.